The van der Waals surface area contributed by atoms with Gasteiger partial charge in [-0.15, -0.1) is 0 Å². The van der Waals surface area contributed by atoms with Gasteiger partial charge in [-0.25, -0.2) is 22.3 Å². The van der Waals surface area contributed by atoms with E-state index in [2.05, 4.69) is 32.3 Å². The smallest absolute Gasteiger partial charge is 0.350 e. The lowest BCUT2D eigenvalue weighted by Gasteiger charge is -2.21. The van der Waals surface area contributed by atoms with Crippen LogP contribution in [0.25, 0.3) is 22.0 Å². The Hall–Kier alpha value is -5.34. The molecule has 0 bridgehead atoms. The number of rotatable bonds is 11. The van der Waals surface area contributed by atoms with Crippen LogP contribution in [0.15, 0.2) is 42.5 Å². The van der Waals surface area contributed by atoms with Crippen molar-refractivity contribution in [2.45, 2.75) is 103 Å². The predicted molar refractivity (Wildman–Crippen MR) is 235 cm³/mol. The monoisotopic (exact) mass is 1010 g/mol. The Bertz CT molecular complexity index is 2730. The van der Waals surface area contributed by atoms with Crippen LogP contribution in [0.1, 0.15) is 87.9 Å². The van der Waals surface area contributed by atoms with Crippen LogP contribution in [0, 0.1) is 23.5 Å². The molecule has 24 heteroatoms. The van der Waals surface area contributed by atoms with Crippen LogP contribution in [0.4, 0.5) is 49.7 Å². The first-order valence-corrected chi connectivity index (χ1v) is 23.5. The average molecular weight is 1010 g/mol. The summed E-state index contributed by atoms with van der Waals surface area (Å²) in [7, 11) is -3.42. The predicted octanol–water partition coefficient (Wildman–Crippen LogP) is 9.76. The van der Waals surface area contributed by atoms with E-state index in [1.54, 1.807) is 13.8 Å². The maximum atomic E-state index is 14.2. The van der Waals surface area contributed by atoms with Crippen LogP contribution >= 0.6 is 11.6 Å². The van der Waals surface area contributed by atoms with Crippen molar-refractivity contribution in [2.75, 3.05) is 16.8 Å². The first-order chi connectivity index (χ1) is 31.1. The molecule has 0 radical (unpaired) electrons. The number of alkyl halides is 8. The number of amides is 2. The van der Waals surface area contributed by atoms with Crippen molar-refractivity contribution in [3.8, 4) is 23.0 Å². The van der Waals surface area contributed by atoms with Gasteiger partial charge in [0, 0.05) is 66.0 Å². The molecule has 0 saturated heterocycles. The number of nitrogens with one attached hydrogen (secondary N) is 1. The fourth-order valence-electron chi connectivity index (χ4n) is 6.97. The van der Waals surface area contributed by atoms with Crippen LogP contribution in [0.5, 0.6) is 0 Å². The Morgan fingerprint density at radius 3 is 2.12 bits per heavy atom. The van der Waals surface area contributed by atoms with Gasteiger partial charge in [-0.2, -0.15) is 45.3 Å². The first-order valence-electron chi connectivity index (χ1n) is 20.1. The Labute approximate surface area is 388 Å². The molecule has 1 N–H and O–H groups in total. The van der Waals surface area contributed by atoms with E-state index in [1.807, 2.05) is 13.8 Å². The minimum Gasteiger partial charge on any atom is -0.350 e. The molecule has 3 heterocycles. The standard InChI is InChI=1S/C32H29ClF5N5O4S2.C9H9F5N2.C2H6/c1-18(45)43(49(5)47)30-27-25(33)9-8-24(29(27)42(41-30)16-32(36,37)38)23-7-6-22(10-11-31(2,3)48(4)46)40-28(23)26(39-17-44)14-19-12-20(34)15-21(35)13-19;1-2-16-7-5(3-4-8(7,10)11)6(15-16)9(12,13)14;1-2/h6-9,12-13,15,17,26H,14,16H2,1-5H3,(H,39,44);2-4H2,1H3;1-2H3. The van der Waals surface area contributed by atoms with Crippen molar-refractivity contribution in [3.05, 3.63) is 93.0 Å². The SMILES string of the molecule is CC.CC(=O)N(c1nn(CC(F)(F)F)c2c(-c3ccc(C#CC(C)(C)S(C)=O)nc3C(Cc3cc(F)cc(F)c3)NC=O)ccc(Cl)c12)S(C)=O.CCn1nc(C(F)(F)F)c2c1C(F)(F)CC2. The summed E-state index contributed by atoms with van der Waals surface area (Å²) in [5.74, 6) is -0.395. The zero-order valence-corrected chi connectivity index (χ0v) is 39.4. The maximum Gasteiger partial charge on any atom is 0.435 e. The average Bonchev–Trinajstić information content (AvgIpc) is 3.88. The number of hydrogen-bond donors (Lipinski definition) is 1. The van der Waals surface area contributed by atoms with E-state index in [-0.39, 0.29) is 74.8 Å². The lowest BCUT2D eigenvalue weighted by atomic mass is 9.94. The highest BCUT2D eigenvalue weighted by Gasteiger charge is 2.49. The number of halogens is 11. The molecule has 0 aliphatic heterocycles. The van der Waals surface area contributed by atoms with Crippen molar-refractivity contribution in [1.29, 1.82) is 0 Å². The number of carbonyl (C=O) groups is 2. The topological polar surface area (TPSA) is 132 Å². The molecule has 2 amide bonds. The number of hydrogen-bond acceptors (Lipinski definition) is 7. The number of carbonyl (C=O) groups excluding carboxylic acids is 2. The summed E-state index contributed by atoms with van der Waals surface area (Å²) in [6, 6.07) is 7.32. The lowest BCUT2D eigenvalue weighted by molar-refractivity contribution is -0.142. The van der Waals surface area contributed by atoms with Crippen LogP contribution < -0.4 is 9.62 Å². The van der Waals surface area contributed by atoms with Gasteiger partial charge >= 0.3 is 12.4 Å². The Balaban J connectivity index is 0.000000453. The van der Waals surface area contributed by atoms with Gasteiger partial charge in [0.25, 0.3) is 5.92 Å². The zero-order valence-electron chi connectivity index (χ0n) is 37.0. The van der Waals surface area contributed by atoms with E-state index in [0.717, 1.165) is 30.0 Å². The number of aryl methyl sites for hydroxylation is 1. The summed E-state index contributed by atoms with van der Waals surface area (Å²) in [5.41, 5.74) is -1.80. The van der Waals surface area contributed by atoms with Crippen LogP contribution in [0.2, 0.25) is 5.02 Å². The van der Waals surface area contributed by atoms with Crippen LogP contribution in [0.3, 0.4) is 0 Å². The van der Waals surface area contributed by atoms with Gasteiger partial charge in [-0.1, -0.05) is 37.4 Å². The van der Waals surface area contributed by atoms with Crippen molar-refractivity contribution in [1.82, 2.24) is 29.9 Å². The molecular weight excluding hydrogens is 968 g/mol. The second-order valence-electron chi connectivity index (χ2n) is 15.0. The summed E-state index contributed by atoms with van der Waals surface area (Å²) >= 11 is 6.52. The molecule has 1 aliphatic rings. The molecule has 0 fully saturated rings. The van der Waals surface area contributed by atoms with E-state index in [1.165, 1.54) is 37.4 Å². The molecule has 3 unspecified atom stereocenters. The molecule has 3 atom stereocenters. The highest BCUT2D eigenvalue weighted by atomic mass is 35.5. The number of pyridine rings is 1. The van der Waals surface area contributed by atoms with Crippen molar-refractivity contribution < 1.29 is 61.9 Å². The fourth-order valence-corrected chi connectivity index (χ4v) is 8.13. The molecule has 6 rings (SSSR count). The third kappa shape index (κ3) is 12.6. The van der Waals surface area contributed by atoms with Gasteiger partial charge < -0.3 is 5.32 Å². The number of benzene rings is 2. The molecule has 2 aromatic carbocycles. The van der Waals surface area contributed by atoms with E-state index < -0.39 is 92.7 Å². The number of fused-ring (bicyclic) bond motifs is 2. The first kappa shape index (κ1) is 54.3. The molecule has 364 valence electrons. The molecule has 3 aromatic heterocycles. The summed E-state index contributed by atoms with van der Waals surface area (Å²) in [6.07, 6.45) is -7.56. The Morgan fingerprint density at radius 1 is 0.985 bits per heavy atom. The number of nitrogens with zero attached hydrogens (tertiary/aromatic N) is 6. The molecule has 5 aromatic rings. The quantitative estimate of drug-likeness (QED) is 0.0792. The zero-order chi connectivity index (χ0) is 50.6. The van der Waals surface area contributed by atoms with Gasteiger partial charge in [0.2, 0.25) is 12.3 Å². The second kappa shape index (κ2) is 21.3. The van der Waals surface area contributed by atoms with Gasteiger partial charge in [0.1, 0.15) is 45.3 Å². The fraction of sp³-hybridized carbons (Fsp3) is 0.419. The third-order valence-corrected chi connectivity index (χ3v) is 12.7. The molecule has 0 saturated carbocycles. The molecular formula is C43H44ClF10N7O4S2. The minimum atomic E-state index is -4.81. The molecule has 11 nitrogen and oxygen atoms in total. The summed E-state index contributed by atoms with van der Waals surface area (Å²) < 4.78 is 160. The second-order valence-corrected chi connectivity index (χ2v) is 18.6. The van der Waals surface area contributed by atoms with E-state index in [0.29, 0.717) is 21.5 Å². The van der Waals surface area contributed by atoms with Crippen molar-refractivity contribution in [3.63, 3.8) is 0 Å². The van der Waals surface area contributed by atoms with Crippen LogP contribution in [-0.2, 0) is 69.4 Å². The highest BCUT2D eigenvalue weighted by Crippen LogP contribution is 2.46. The van der Waals surface area contributed by atoms with E-state index in [4.69, 9.17) is 11.6 Å². The molecule has 67 heavy (non-hydrogen) atoms. The third-order valence-electron chi connectivity index (χ3n) is 9.93. The van der Waals surface area contributed by atoms with E-state index >= 15 is 0 Å². The largest absolute Gasteiger partial charge is 0.435 e. The Morgan fingerprint density at radius 2 is 1.60 bits per heavy atom. The minimum absolute atomic E-state index is 0.00794. The van der Waals surface area contributed by atoms with Crippen molar-refractivity contribution >= 4 is 62.4 Å². The molecule has 0 spiro atoms. The Kier molecular flexibility index (Phi) is 17.3. The van der Waals surface area contributed by atoms with Gasteiger partial charge in [-0.05, 0) is 75.4 Å². The maximum absolute atomic E-state index is 14.2. The van der Waals surface area contributed by atoms with Crippen LogP contribution in [-0.4, -0.2) is 68.7 Å². The van der Waals surface area contributed by atoms with Gasteiger partial charge in [0.15, 0.2) is 11.5 Å². The summed E-state index contributed by atoms with van der Waals surface area (Å²) in [5, 5.41) is 9.62. The highest BCUT2D eigenvalue weighted by molar-refractivity contribution is 7.86. The summed E-state index contributed by atoms with van der Waals surface area (Å²) in [6.45, 7) is 8.23. The van der Waals surface area contributed by atoms with E-state index in [9.17, 15) is 61.9 Å². The normalized spacial score (nSPS) is 14.6. The molecule has 1 aliphatic carbocycles. The lowest BCUT2D eigenvalue weighted by Crippen LogP contribution is -2.30. The number of anilines is 1. The van der Waals surface area contributed by atoms with Gasteiger partial charge in [-0.3, -0.25) is 23.2 Å². The van der Waals surface area contributed by atoms with Crippen molar-refractivity contribution in [2.24, 2.45) is 0 Å². The summed E-state index contributed by atoms with van der Waals surface area (Å²) in [4.78, 5) is 29.0. The van der Waals surface area contributed by atoms with Gasteiger partial charge in [0.05, 0.1) is 27.7 Å². The number of aromatic nitrogens is 5.